The van der Waals surface area contributed by atoms with Crippen LogP contribution in [-0.2, 0) is 30.0 Å². The van der Waals surface area contributed by atoms with Crippen molar-refractivity contribution in [3.05, 3.63) is 34.5 Å². The van der Waals surface area contributed by atoms with Crippen molar-refractivity contribution in [3.8, 4) is 0 Å². The Kier molecular flexibility index (Phi) is 3.34. The van der Waals surface area contributed by atoms with E-state index in [4.69, 9.17) is 5.11 Å². The summed E-state index contributed by atoms with van der Waals surface area (Å²) in [6.07, 6.45) is 0.357. The fourth-order valence-corrected chi connectivity index (χ4v) is 5.01. The topological polar surface area (TPSA) is 92.5 Å². The molecule has 0 radical (unpaired) electrons. The Hall–Kier alpha value is -1.71. The number of fused-ring (bicyclic) bond motifs is 1. The van der Waals surface area contributed by atoms with Crippen molar-refractivity contribution in [2.45, 2.75) is 17.2 Å². The van der Waals surface area contributed by atoms with Gasteiger partial charge < -0.3 is 5.11 Å². The summed E-state index contributed by atoms with van der Waals surface area (Å²) in [7, 11) is -1.89. The molecule has 2 aromatic heterocycles. The van der Waals surface area contributed by atoms with Crippen molar-refractivity contribution in [2.75, 3.05) is 6.54 Å². The minimum atomic E-state index is -3.53. The number of aromatic carboxylic acids is 1. The summed E-state index contributed by atoms with van der Waals surface area (Å²) in [4.78, 5) is 11.1. The van der Waals surface area contributed by atoms with E-state index in [1.807, 2.05) is 0 Å². The van der Waals surface area contributed by atoms with Crippen molar-refractivity contribution in [1.29, 1.82) is 0 Å². The lowest BCUT2D eigenvalue weighted by molar-refractivity contribution is 0.0688. The normalized spacial score (nSPS) is 15.9. The molecule has 1 aliphatic rings. The lowest BCUT2D eigenvalue weighted by Gasteiger charge is -2.26. The average Bonchev–Trinajstić information content (AvgIpc) is 3.07. The van der Waals surface area contributed by atoms with Gasteiger partial charge in [-0.15, -0.1) is 11.3 Å². The molecule has 3 heterocycles. The standard InChI is InChI=1S/C12H13N3O4S2/c1-14-9-7-15(21(18,19)10-3-2-6-20-10)5-4-8(9)11(13-14)12(16)17/h2-3,6H,4-5,7H2,1H3,(H,16,17). The fraction of sp³-hybridized carbons (Fsp3) is 0.333. The highest BCUT2D eigenvalue weighted by atomic mass is 32.2. The number of rotatable bonds is 3. The third kappa shape index (κ3) is 2.27. The largest absolute Gasteiger partial charge is 0.476 e. The van der Waals surface area contributed by atoms with E-state index in [-0.39, 0.29) is 18.8 Å². The van der Waals surface area contributed by atoms with Gasteiger partial charge in [-0.25, -0.2) is 13.2 Å². The van der Waals surface area contributed by atoms with Crippen LogP contribution >= 0.6 is 11.3 Å². The van der Waals surface area contributed by atoms with Gasteiger partial charge in [-0.3, -0.25) is 4.68 Å². The Morgan fingerprint density at radius 2 is 2.24 bits per heavy atom. The quantitative estimate of drug-likeness (QED) is 0.905. The van der Waals surface area contributed by atoms with Crippen molar-refractivity contribution in [2.24, 2.45) is 7.05 Å². The second-order valence-corrected chi connectivity index (χ2v) is 7.84. The number of carboxylic acid groups (broad SMARTS) is 1. The monoisotopic (exact) mass is 327 g/mol. The van der Waals surface area contributed by atoms with Gasteiger partial charge in [-0.05, 0) is 17.9 Å². The first-order chi connectivity index (χ1) is 9.91. The second-order valence-electron chi connectivity index (χ2n) is 4.72. The van der Waals surface area contributed by atoms with Crippen molar-refractivity contribution < 1.29 is 18.3 Å². The third-order valence-corrected chi connectivity index (χ3v) is 6.72. The summed E-state index contributed by atoms with van der Waals surface area (Å²) in [6, 6.07) is 3.26. The number of hydrogen-bond acceptors (Lipinski definition) is 5. The van der Waals surface area contributed by atoms with E-state index in [1.165, 1.54) is 20.3 Å². The molecule has 21 heavy (non-hydrogen) atoms. The summed E-state index contributed by atoms with van der Waals surface area (Å²) in [5.74, 6) is -1.08. The molecule has 0 amide bonds. The SMILES string of the molecule is Cn1nc(C(=O)O)c2c1CN(S(=O)(=O)c1cccs1)CC2. The predicted octanol–water partition coefficient (Wildman–Crippen LogP) is 0.927. The molecule has 0 atom stereocenters. The van der Waals surface area contributed by atoms with Gasteiger partial charge in [0.2, 0.25) is 0 Å². The van der Waals surface area contributed by atoms with Crippen LogP contribution in [0.5, 0.6) is 0 Å². The number of carboxylic acids is 1. The summed E-state index contributed by atoms with van der Waals surface area (Å²) < 4.78 is 28.1. The minimum absolute atomic E-state index is 0.0145. The van der Waals surface area contributed by atoms with E-state index in [0.717, 1.165) is 0 Å². The van der Waals surface area contributed by atoms with Gasteiger partial charge in [-0.1, -0.05) is 6.07 Å². The van der Waals surface area contributed by atoms with Crippen LogP contribution in [-0.4, -0.2) is 40.1 Å². The Balaban J connectivity index is 1.97. The first-order valence-electron chi connectivity index (χ1n) is 6.23. The van der Waals surface area contributed by atoms with Gasteiger partial charge >= 0.3 is 5.97 Å². The van der Waals surface area contributed by atoms with Gasteiger partial charge in [0.05, 0.1) is 12.2 Å². The van der Waals surface area contributed by atoms with E-state index in [9.17, 15) is 13.2 Å². The number of carbonyl (C=O) groups is 1. The Labute approximate surface area is 125 Å². The molecule has 0 bridgehead atoms. The van der Waals surface area contributed by atoms with Crippen LogP contribution < -0.4 is 0 Å². The molecule has 0 aromatic carbocycles. The van der Waals surface area contributed by atoms with Gasteiger partial charge in [-0.2, -0.15) is 9.40 Å². The minimum Gasteiger partial charge on any atom is -0.476 e. The Morgan fingerprint density at radius 3 is 2.86 bits per heavy atom. The summed E-state index contributed by atoms with van der Waals surface area (Å²) in [5, 5.41) is 14.8. The molecule has 0 fully saturated rings. The number of nitrogens with zero attached hydrogens (tertiary/aromatic N) is 3. The van der Waals surface area contributed by atoms with Gasteiger partial charge in [0.25, 0.3) is 10.0 Å². The summed E-state index contributed by atoms with van der Waals surface area (Å²) in [6.45, 7) is 0.408. The molecule has 2 aromatic rings. The van der Waals surface area contributed by atoms with E-state index >= 15 is 0 Å². The molecule has 9 heteroatoms. The van der Waals surface area contributed by atoms with E-state index < -0.39 is 16.0 Å². The van der Waals surface area contributed by atoms with Gasteiger partial charge in [0, 0.05) is 19.2 Å². The highest BCUT2D eigenvalue weighted by molar-refractivity contribution is 7.91. The maximum Gasteiger partial charge on any atom is 0.356 e. The number of aromatic nitrogens is 2. The Bertz CT molecular complexity index is 793. The summed E-state index contributed by atoms with van der Waals surface area (Å²) in [5.41, 5.74) is 1.28. The van der Waals surface area contributed by atoms with E-state index in [0.29, 0.717) is 21.9 Å². The van der Waals surface area contributed by atoms with E-state index in [1.54, 1.807) is 24.6 Å². The molecule has 1 aliphatic heterocycles. The van der Waals surface area contributed by atoms with Crippen LogP contribution in [0.3, 0.4) is 0 Å². The predicted molar refractivity (Wildman–Crippen MR) is 75.8 cm³/mol. The fourth-order valence-electron chi connectivity index (χ4n) is 2.46. The second kappa shape index (κ2) is 4.93. The average molecular weight is 327 g/mol. The zero-order chi connectivity index (χ0) is 15.2. The molecule has 7 nitrogen and oxygen atoms in total. The van der Waals surface area contributed by atoms with Crippen molar-refractivity contribution in [3.63, 3.8) is 0 Å². The molecule has 0 unspecified atom stereocenters. The molecule has 3 rings (SSSR count). The third-order valence-electron chi connectivity index (χ3n) is 3.50. The molecule has 0 saturated heterocycles. The zero-order valence-electron chi connectivity index (χ0n) is 11.2. The van der Waals surface area contributed by atoms with Crippen molar-refractivity contribution in [1.82, 2.24) is 14.1 Å². The van der Waals surface area contributed by atoms with Crippen LogP contribution in [0.15, 0.2) is 21.7 Å². The molecule has 1 N–H and O–H groups in total. The maximum atomic E-state index is 12.5. The summed E-state index contributed by atoms with van der Waals surface area (Å²) >= 11 is 1.17. The van der Waals surface area contributed by atoms with Crippen LogP contribution in [0, 0.1) is 0 Å². The van der Waals surface area contributed by atoms with Gasteiger partial charge in [0.1, 0.15) is 4.21 Å². The highest BCUT2D eigenvalue weighted by Crippen LogP contribution is 2.28. The van der Waals surface area contributed by atoms with Crippen LogP contribution in [0.2, 0.25) is 0 Å². The number of thiophene rings is 1. The zero-order valence-corrected chi connectivity index (χ0v) is 12.8. The maximum absolute atomic E-state index is 12.5. The van der Waals surface area contributed by atoms with Crippen molar-refractivity contribution >= 4 is 27.3 Å². The Morgan fingerprint density at radius 1 is 1.48 bits per heavy atom. The number of sulfonamides is 1. The first kappa shape index (κ1) is 14.2. The van der Waals surface area contributed by atoms with Gasteiger partial charge in [0.15, 0.2) is 5.69 Å². The highest BCUT2D eigenvalue weighted by Gasteiger charge is 2.33. The molecular formula is C12H13N3O4S2. The number of aryl methyl sites for hydroxylation is 1. The molecule has 112 valence electrons. The molecule has 0 aliphatic carbocycles. The van der Waals surface area contributed by atoms with Crippen LogP contribution in [0.4, 0.5) is 0 Å². The van der Waals surface area contributed by atoms with E-state index in [2.05, 4.69) is 5.10 Å². The smallest absolute Gasteiger partial charge is 0.356 e. The molecule has 0 spiro atoms. The molecular weight excluding hydrogens is 314 g/mol. The molecule has 0 saturated carbocycles. The van der Waals surface area contributed by atoms with Crippen LogP contribution in [0.1, 0.15) is 21.7 Å². The first-order valence-corrected chi connectivity index (χ1v) is 8.55. The lowest BCUT2D eigenvalue weighted by Crippen LogP contribution is -2.36. The lowest BCUT2D eigenvalue weighted by atomic mass is 10.1. The number of hydrogen-bond donors (Lipinski definition) is 1. The van der Waals surface area contributed by atoms with Crippen LogP contribution in [0.25, 0.3) is 0 Å².